The molecule has 0 bridgehead atoms. The highest BCUT2D eigenvalue weighted by molar-refractivity contribution is 5.13. The van der Waals surface area contributed by atoms with Crippen LogP contribution in [0.1, 0.15) is 47.1 Å². The topological polar surface area (TPSA) is 9.23 Å². The fraction of sp³-hybridized carbons (Fsp3) is 0.625. The maximum Gasteiger partial charge on any atom is 0.0721 e. The second kappa shape index (κ2) is 5.22. The van der Waals surface area contributed by atoms with Crippen LogP contribution in [0.15, 0.2) is 30.3 Å². The van der Waals surface area contributed by atoms with Gasteiger partial charge in [-0.15, -0.1) is 0 Å². The summed E-state index contributed by atoms with van der Waals surface area (Å²) in [5, 5.41) is 0. The second-order valence-corrected chi connectivity index (χ2v) is 6.91. The van der Waals surface area contributed by atoms with Gasteiger partial charge in [-0.05, 0) is 16.4 Å². The highest BCUT2D eigenvalue weighted by Gasteiger charge is 2.35. The molecular weight excluding hydrogens is 208 g/mol. The zero-order valence-electron chi connectivity index (χ0n) is 12.1. The molecule has 0 aliphatic carbocycles. The van der Waals surface area contributed by atoms with Crippen LogP contribution in [0, 0.1) is 10.8 Å². The van der Waals surface area contributed by atoms with Crippen LogP contribution in [0.4, 0.5) is 0 Å². The minimum Gasteiger partial charge on any atom is -0.372 e. The molecule has 1 nitrogen and oxygen atoms in total. The Kier molecular flexibility index (Phi) is 4.37. The number of hydrogen-bond donors (Lipinski definition) is 0. The third kappa shape index (κ3) is 4.51. The van der Waals surface area contributed by atoms with E-state index < -0.39 is 0 Å². The molecule has 1 aromatic carbocycles. The smallest absolute Gasteiger partial charge is 0.0721 e. The fourth-order valence-corrected chi connectivity index (χ4v) is 2.55. The highest BCUT2D eigenvalue weighted by Crippen LogP contribution is 2.36. The van der Waals surface area contributed by atoms with Crippen molar-refractivity contribution in [2.75, 3.05) is 0 Å². The molecule has 96 valence electrons. The molecule has 0 aliphatic rings. The molecule has 0 heterocycles. The van der Waals surface area contributed by atoms with E-state index in [1.165, 1.54) is 5.56 Å². The zero-order valence-corrected chi connectivity index (χ0v) is 12.1. The largest absolute Gasteiger partial charge is 0.372 e. The molecule has 0 fully saturated rings. The van der Waals surface area contributed by atoms with Gasteiger partial charge in [0, 0.05) is 0 Å². The minimum atomic E-state index is 0.160. The van der Waals surface area contributed by atoms with Crippen molar-refractivity contribution in [2.45, 2.75) is 54.3 Å². The first kappa shape index (κ1) is 14.2. The summed E-state index contributed by atoms with van der Waals surface area (Å²) < 4.78 is 6.16. The van der Waals surface area contributed by atoms with Crippen molar-refractivity contribution >= 4 is 0 Å². The number of rotatable bonds is 3. The van der Waals surface area contributed by atoms with E-state index in [-0.39, 0.29) is 16.9 Å². The minimum absolute atomic E-state index is 0.160. The van der Waals surface area contributed by atoms with Gasteiger partial charge in [-0.2, -0.15) is 0 Å². The molecular formula is C16H26O. The van der Waals surface area contributed by atoms with Crippen LogP contribution < -0.4 is 0 Å². The summed E-state index contributed by atoms with van der Waals surface area (Å²) in [6.07, 6.45) is 0.246. The third-order valence-electron chi connectivity index (χ3n) is 2.83. The Morgan fingerprint density at radius 2 is 1.35 bits per heavy atom. The van der Waals surface area contributed by atoms with Gasteiger partial charge in [0.05, 0.1) is 12.7 Å². The Hall–Kier alpha value is -0.820. The van der Waals surface area contributed by atoms with Crippen LogP contribution in [-0.4, -0.2) is 6.10 Å². The molecule has 0 aromatic heterocycles. The first-order valence-electron chi connectivity index (χ1n) is 6.37. The summed E-state index contributed by atoms with van der Waals surface area (Å²) in [7, 11) is 0. The van der Waals surface area contributed by atoms with Crippen molar-refractivity contribution in [1.29, 1.82) is 0 Å². The molecule has 0 N–H and O–H groups in total. The van der Waals surface area contributed by atoms with E-state index in [2.05, 4.69) is 65.8 Å². The first-order valence-corrected chi connectivity index (χ1v) is 6.37. The van der Waals surface area contributed by atoms with Gasteiger partial charge in [0.15, 0.2) is 0 Å². The molecule has 1 aromatic rings. The van der Waals surface area contributed by atoms with E-state index in [1.807, 2.05) is 6.07 Å². The standard InChI is InChI=1S/C16H26O/c1-15(2,3)14(16(4,5)6)17-12-13-10-8-7-9-11-13/h7-11,14H,12H2,1-6H3. The molecule has 0 spiro atoms. The molecule has 0 radical (unpaired) electrons. The van der Waals surface area contributed by atoms with Crippen LogP contribution in [0.5, 0.6) is 0 Å². The Labute approximate surface area is 106 Å². The molecule has 0 aliphatic heterocycles. The van der Waals surface area contributed by atoms with Crippen molar-refractivity contribution in [3.8, 4) is 0 Å². The van der Waals surface area contributed by atoms with Gasteiger partial charge >= 0.3 is 0 Å². The highest BCUT2D eigenvalue weighted by atomic mass is 16.5. The summed E-state index contributed by atoms with van der Waals surface area (Å²) >= 11 is 0. The summed E-state index contributed by atoms with van der Waals surface area (Å²) in [5.41, 5.74) is 1.56. The average molecular weight is 234 g/mol. The van der Waals surface area contributed by atoms with Crippen LogP contribution in [0.25, 0.3) is 0 Å². The third-order valence-corrected chi connectivity index (χ3v) is 2.83. The van der Waals surface area contributed by atoms with Crippen LogP contribution >= 0.6 is 0 Å². The van der Waals surface area contributed by atoms with E-state index in [1.54, 1.807) is 0 Å². The molecule has 17 heavy (non-hydrogen) atoms. The monoisotopic (exact) mass is 234 g/mol. The van der Waals surface area contributed by atoms with Crippen LogP contribution in [0.2, 0.25) is 0 Å². The first-order chi connectivity index (χ1) is 7.71. The lowest BCUT2D eigenvalue weighted by Crippen LogP contribution is -2.40. The predicted octanol–water partition coefficient (Wildman–Crippen LogP) is 4.66. The molecule has 1 heteroatoms. The van der Waals surface area contributed by atoms with Gasteiger partial charge in [-0.1, -0.05) is 71.9 Å². The second-order valence-electron chi connectivity index (χ2n) is 6.91. The van der Waals surface area contributed by atoms with Crippen molar-refractivity contribution in [3.05, 3.63) is 35.9 Å². The maximum atomic E-state index is 6.16. The van der Waals surface area contributed by atoms with Crippen molar-refractivity contribution in [2.24, 2.45) is 10.8 Å². The van der Waals surface area contributed by atoms with Crippen molar-refractivity contribution in [3.63, 3.8) is 0 Å². The molecule has 0 unspecified atom stereocenters. The summed E-state index contributed by atoms with van der Waals surface area (Å²) in [4.78, 5) is 0. The molecule has 0 atom stereocenters. The molecule has 1 rings (SSSR count). The van der Waals surface area contributed by atoms with Gasteiger partial charge in [0.1, 0.15) is 0 Å². The van der Waals surface area contributed by atoms with E-state index in [0.717, 1.165) is 0 Å². The zero-order chi connectivity index (χ0) is 13.1. The molecule has 0 saturated heterocycles. The Bertz CT molecular complexity index is 313. The molecule has 0 saturated carbocycles. The molecule has 0 amide bonds. The van der Waals surface area contributed by atoms with Gasteiger partial charge in [-0.3, -0.25) is 0 Å². The summed E-state index contributed by atoms with van der Waals surface area (Å²) in [5.74, 6) is 0. The quantitative estimate of drug-likeness (QED) is 0.739. The van der Waals surface area contributed by atoms with Crippen molar-refractivity contribution in [1.82, 2.24) is 0 Å². The lowest BCUT2D eigenvalue weighted by molar-refractivity contribution is -0.0903. The summed E-state index contributed by atoms with van der Waals surface area (Å²) in [6.45, 7) is 14.2. The number of hydrogen-bond acceptors (Lipinski definition) is 1. The normalized spacial score (nSPS) is 13.1. The fourth-order valence-electron chi connectivity index (χ4n) is 2.55. The van der Waals surface area contributed by atoms with Gasteiger partial charge in [0.2, 0.25) is 0 Å². The van der Waals surface area contributed by atoms with Gasteiger partial charge in [0.25, 0.3) is 0 Å². The Morgan fingerprint density at radius 1 is 0.882 bits per heavy atom. The summed E-state index contributed by atoms with van der Waals surface area (Å²) in [6, 6.07) is 10.4. The average Bonchev–Trinajstić information content (AvgIpc) is 2.15. The lowest BCUT2D eigenvalue weighted by Gasteiger charge is -2.40. The number of benzene rings is 1. The van der Waals surface area contributed by atoms with E-state index >= 15 is 0 Å². The maximum absolute atomic E-state index is 6.16. The Balaban J connectivity index is 2.70. The number of ether oxygens (including phenoxy) is 1. The van der Waals surface area contributed by atoms with Gasteiger partial charge in [-0.25, -0.2) is 0 Å². The predicted molar refractivity (Wildman–Crippen MR) is 73.9 cm³/mol. The van der Waals surface area contributed by atoms with Crippen LogP contribution in [0.3, 0.4) is 0 Å². The SMILES string of the molecule is CC(C)(C)C(OCc1ccccc1)C(C)(C)C. The lowest BCUT2D eigenvalue weighted by atomic mass is 9.74. The van der Waals surface area contributed by atoms with E-state index in [4.69, 9.17) is 4.74 Å². The van der Waals surface area contributed by atoms with E-state index in [0.29, 0.717) is 6.61 Å². The van der Waals surface area contributed by atoms with E-state index in [9.17, 15) is 0 Å². The Morgan fingerprint density at radius 3 is 1.76 bits per heavy atom. The van der Waals surface area contributed by atoms with Crippen molar-refractivity contribution < 1.29 is 4.74 Å². The van der Waals surface area contributed by atoms with Gasteiger partial charge < -0.3 is 4.74 Å². The van der Waals surface area contributed by atoms with Crippen LogP contribution in [-0.2, 0) is 11.3 Å².